The zero-order chi connectivity index (χ0) is 19.8. The summed E-state index contributed by atoms with van der Waals surface area (Å²) in [6, 6.07) is 12.5. The third-order valence-electron chi connectivity index (χ3n) is 5.80. The minimum atomic E-state index is -0.264. The van der Waals surface area contributed by atoms with E-state index >= 15 is 0 Å². The lowest BCUT2D eigenvalue weighted by Crippen LogP contribution is -2.40. The Balaban J connectivity index is 1.62. The van der Waals surface area contributed by atoms with E-state index in [9.17, 15) is 14.4 Å². The zero-order valence-corrected chi connectivity index (χ0v) is 16.3. The molecular formula is C23H24N2O3. The lowest BCUT2D eigenvalue weighted by atomic mass is 9.94. The highest BCUT2D eigenvalue weighted by Crippen LogP contribution is 2.31. The SMILES string of the molecule is Cc1cccc(N(C)C(=O)c2ccc3c(c2)C(=O)N(C2CCCCC2)C3=O)c1. The number of anilines is 1. The number of aryl methyl sites for hydroxylation is 1. The number of carbonyl (C=O) groups is 3. The van der Waals surface area contributed by atoms with Crippen LogP contribution in [0.4, 0.5) is 5.69 Å². The highest BCUT2D eigenvalue weighted by atomic mass is 16.2. The molecule has 0 N–H and O–H groups in total. The first-order valence-corrected chi connectivity index (χ1v) is 9.84. The van der Waals surface area contributed by atoms with E-state index in [-0.39, 0.29) is 23.8 Å². The predicted molar refractivity (Wildman–Crippen MR) is 108 cm³/mol. The van der Waals surface area contributed by atoms with Gasteiger partial charge >= 0.3 is 0 Å². The van der Waals surface area contributed by atoms with Crippen LogP contribution in [0.3, 0.4) is 0 Å². The lowest BCUT2D eigenvalue weighted by molar-refractivity contribution is 0.0549. The molecule has 144 valence electrons. The van der Waals surface area contributed by atoms with Crippen LogP contribution in [0.2, 0.25) is 0 Å². The van der Waals surface area contributed by atoms with Gasteiger partial charge in [-0.25, -0.2) is 0 Å². The molecule has 0 radical (unpaired) electrons. The van der Waals surface area contributed by atoms with Gasteiger partial charge in [0.05, 0.1) is 11.1 Å². The molecule has 1 aliphatic heterocycles. The van der Waals surface area contributed by atoms with Crippen molar-refractivity contribution in [2.24, 2.45) is 0 Å². The zero-order valence-electron chi connectivity index (χ0n) is 16.3. The van der Waals surface area contributed by atoms with E-state index in [4.69, 9.17) is 0 Å². The van der Waals surface area contributed by atoms with Gasteiger partial charge in [-0.2, -0.15) is 0 Å². The highest BCUT2D eigenvalue weighted by Gasteiger charge is 2.40. The van der Waals surface area contributed by atoms with Crippen molar-refractivity contribution in [3.63, 3.8) is 0 Å². The number of amides is 3. The summed E-state index contributed by atoms with van der Waals surface area (Å²) in [5.41, 5.74) is 3.02. The molecule has 1 fully saturated rings. The van der Waals surface area contributed by atoms with E-state index in [0.29, 0.717) is 16.7 Å². The normalized spacial score (nSPS) is 17.0. The summed E-state index contributed by atoms with van der Waals surface area (Å²) in [6.07, 6.45) is 4.98. The maximum absolute atomic E-state index is 12.9. The molecule has 2 aromatic carbocycles. The summed E-state index contributed by atoms with van der Waals surface area (Å²) < 4.78 is 0. The fraction of sp³-hybridized carbons (Fsp3) is 0.348. The van der Waals surface area contributed by atoms with E-state index < -0.39 is 0 Å². The average Bonchev–Trinajstić information content (AvgIpc) is 2.97. The smallest absolute Gasteiger partial charge is 0.261 e. The molecule has 0 spiro atoms. The van der Waals surface area contributed by atoms with Gasteiger partial charge in [-0.3, -0.25) is 19.3 Å². The van der Waals surface area contributed by atoms with Crippen molar-refractivity contribution in [3.05, 3.63) is 64.7 Å². The number of nitrogens with zero attached hydrogens (tertiary/aromatic N) is 2. The fourth-order valence-electron chi connectivity index (χ4n) is 4.21. The average molecular weight is 376 g/mol. The molecule has 3 amide bonds. The van der Waals surface area contributed by atoms with E-state index in [2.05, 4.69) is 0 Å². The van der Waals surface area contributed by atoms with Crippen LogP contribution in [-0.4, -0.2) is 35.7 Å². The van der Waals surface area contributed by atoms with E-state index in [1.54, 1.807) is 30.1 Å². The van der Waals surface area contributed by atoms with Crippen molar-refractivity contribution in [2.45, 2.75) is 45.1 Å². The topological polar surface area (TPSA) is 57.7 Å². The molecule has 0 atom stereocenters. The first-order chi connectivity index (χ1) is 13.5. The number of benzene rings is 2. The minimum Gasteiger partial charge on any atom is -0.311 e. The molecule has 1 heterocycles. The van der Waals surface area contributed by atoms with Gasteiger partial charge in [0, 0.05) is 24.3 Å². The lowest BCUT2D eigenvalue weighted by Gasteiger charge is -2.29. The van der Waals surface area contributed by atoms with Crippen molar-refractivity contribution < 1.29 is 14.4 Å². The van der Waals surface area contributed by atoms with Gasteiger partial charge in [-0.15, -0.1) is 0 Å². The number of rotatable bonds is 3. The van der Waals surface area contributed by atoms with Crippen LogP contribution in [-0.2, 0) is 0 Å². The summed E-state index contributed by atoms with van der Waals surface area (Å²) in [5, 5.41) is 0. The van der Waals surface area contributed by atoms with Gasteiger partial charge in [0.15, 0.2) is 0 Å². The molecule has 0 saturated heterocycles. The third-order valence-corrected chi connectivity index (χ3v) is 5.80. The monoisotopic (exact) mass is 376 g/mol. The quantitative estimate of drug-likeness (QED) is 0.755. The number of fused-ring (bicyclic) bond motifs is 1. The van der Waals surface area contributed by atoms with Gasteiger partial charge in [0.25, 0.3) is 17.7 Å². The van der Waals surface area contributed by atoms with E-state index in [0.717, 1.165) is 43.4 Å². The van der Waals surface area contributed by atoms with E-state index in [1.165, 1.54) is 4.90 Å². The van der Waals surface area contributed by atoms with Crippen molar-refractivity contribution >= 4 is 23.4 Å². The third kappa shape index (κ3) is 3.11. The minimum absolute atomic E-state index is 0.0183. The van der Waals surface area contributed by atoms with Crippen molar-refractivity contribution in [2.75, 3.05) is 11.9 Å². The van der Waals surface area contributed by atoms with Crippen molar-refractivity contribution in [3.8, 4) is 0 Å². The fourth-order valence-corrected chi connectivity index (χ4v) is 4.21. The molecule has 1 saturated carbocycles. The highest BCUT2D eigenvalue weighted by molar-refractivity contribution is 6.22. The second kappa shape index (κ2) is 7.23. The maximum Gasteiger partial charge on any atom is 0.261 e. The van der Waals surface area contributed by atoms with E-state index in [1.807, 2.05) is 31.2 Å². The van der Waals surface area contributed by atoms with Gasteiger partial charge < -0.3 is 4.90 Å². The van der Waals surface area contributed by atoms with Crippen molar-refractivity contribution in [1.82, 2.24) is 4.90 Å². The van der Waals surface area contributed by atoms with Gasteiger partial charge in [-0.1, -0.05) is 31.4 Å². The molecule has 5 nitrogen and oxygen atoms in total. The molecule has 5 heteroatoms. The van der Waals surface area contributed by atoms with Gasteiger partial charge in [0.1, 0.15) is 0 Å². The Morgan fingerprint density at radius 2 is 1.68 bits per heavy atom. The molecule has 2 aromatic rings. The Hall–Kier alpha value is -2.95. The van der Waals surface area contributed by atoms with Crippen LogP contribution in [0.1, 0.15) is 68.7 Å². The van der Waals surface area contributed by atoms with Gasteiger partial charge in [0.2, 0.25) is 0 Å². The number of imide groups is 1. The summed E-state index contributed by atoms with van der Waals surface area (Å²) in [7, 11) is 1.71. The molecule has 0 bridgehead atoms. The molecular weight excluding hydrogens is 352 g/mol. The standard InChI is InChI=1S/C23H24N2O3/c1-15-7-6-10-18(13-15)24(2)21(26)16-11-12-19-20(14-16)23(28)25(22(19)27)17-8-4-3-5-9-17/h6-7,10-14,17H,3-5,8-9H2,1-2H3. The van der Waals surface area contributed by atoms with Crippen LogP contribution in [0, 0.1) is 6.92 Å². The van der Waals surface area contributed by atoms with Crippen molar-refractivity contribution in [1.29, 1.82) is 0 Å². The van der Waals surface area contributed by atoms with Gasteiger partial charge in [-0.05, 0) is 55.7 Å². The number of hydrogen-bond acceptors (Lipinski definition) is 3. The summed E-state index contributed by atoms with van der Waals surface area (Å²) in [6.45, 7) is 1.97. The second-order valence-electron chi connectivity index (χ2n) is 7.74. The Kier molecular flexibility index (Phi) is 4.75. The molecule has 0 unspecified atom stereocenters. The molecule has 2 aliphatic rings. The van der Waals surface area contributed by atoms with Crippen LogP contribution < -0.4 is 4.90 Å². The Morgan fingerprint density at radius 3 is 2.39 bits per heavy atom. The largest absolute Gasteiger partial charge is 0.311 e. The maximum atomic E-state index is 12.9. The van der Waals surface area contributed by atoms with Crippen LogP contribution >= 0.6 is 0 Å². The Labute approximate surface area is 164 Å². The molecule has 4 rings (SSSR count). The van der Waals surface area contributed by atoms with Crippen LogP contribution in [0.25, 0.3) is 0 Å². The Morgan fingerprint density at radius 1 is 0.964 bits per heavy atom. The predicted octanol–water partition coefficient (Wildman–Crippen LogP) is 4.20. The number of carbonyl (C=O) groups excluding carboxylic acids is 3. The summed E-state index contributed by atoms with van der Waals surface area (Å²) in [5.74, 6) is -0.692. The summed E-state index contributed by atoms with van der Waals surface area (Å²) in [4.78, 5) is 41.7. The number of hydrogen-bond donors (Lipinski definition) is 0. The van der Waals surface area contributed by atoms with Crippen LogP contribution in [0.15, 0.2) is 42.5 Å². The molecule has 28 heavy (non-hydrogen) atoms. The van der Waals surface area contributed by atoms with Crippen LogP contribution in [0.5, 0.6) is 0 Å². The first-order valence-electron chi connectivity index (χ1n) is 9.84. The summed E-state index contributed by atoms with van der Waals surface area (Å²) >= 11 is 0. The molecule has 1 aliphatic carbocycles. The second-order valence-corrected chi connectivity index (χ2v) is 7.74. The molecule has 0 aromatic heterocycles. The first kappa shape index (κ1) is 18.4. The Bertz CT molecular complexity index is 960.